The summed E-state index contributed by atoms with van der Waals surface area (Å²) < 4.78 is 0. The van der Waals surface area contributed by atoms with Gasteiger partial charge in [-0.25, -0.2) is 4.79 Å². The van der Waals surface area contributed by atoms with Crippen LogP contribution >= 0.6 is 12.4 Å². The third kappa shape index (κ3) is 6.21. The lowest BCUT2D eigenvalue weighted by Gasteiger charge is -2.37. The second kappa shape index (κ2) is 11.2. The lowest BCUT2D eigenvalue weighted by atomic mass is 9.77. The number of nitrogens with zero attached hydrogens (tertiary/aromatic N) is 2. The molecular formula is C27H36ClN5O2. The minimum atomic E-state index is -1.01. The van der Waals surface area contributed by atoms with Crippen LogP contribution < -0.4 is 20.9 Å². The van der Waals surface area contributed by atoms with E-state index in [1.54, 1.807) is 4.90 Å². The summed E-state index contributed by atoms with van der Waals surface area (Å²) in [6.07, 6.45) is 1.78. The highest BCUT2D eigenvalue weighted by Crippen LogP contribution is 2.34. The number of hydrogen-bond acceptors (Lipinski definition) is 4. The highest BCUT2D eigenvalue weighted by molar-refractivity contribution is 6.15. The molecule has 1 fully saturated rings. The van der Waals surface area contributed by atoms with Gasteiger partial charge in [-0.1, -0.05) is 51.1 Å². The van der Waals surface area contributed by atoms with Crippen LogP contribution in [-0.2, 0) is 4.79 Å². The van der Waals surface area contributed by atoms with Gasteiger partial charge >= 0.3 is 6.03 Å². The van der Waals surface area contributed by atoms with E-state index in [9.17, 15) is 9.59 Å². The van der Waals surface area contributed by atoms with Crippen molar-refractivity contribution in [3.63, 3.8) is 0 Å². The molecule has 2 aromatic carbocycles. The Morgan fingerprint density at radius 2 is 1.97 bits per heavy atom. The molecule has 8 heteroatoms. The number of fused-ring (bicyclic) bond motifs is 1. The fourth-order valence-corrected chi connectivity index (χ4v) is 4.80. The number of rotatable bonds is 5. The van der Waals surface area contributed by atoms with Crippen molar-refractivity contribution >= 4 is 41.4 Å². The van der Waals surface area contributed by atoms with Crippen LogP contribution in [0.5, 0.6) is 0 Å². The Labute approximate surface area is 214 Å². The average Bonchev–Trinajstić information content (AvgIpc) is 2.89. The van der Waals surface area contributed by atoms with E-state index in [0.29, 0.717) is 12.2 Å². The molecule has 2 aromatic rings. The van der Waals surface area contributed by atoms with Gasteiger partial charge in [-0.15, -0.1) is 12.4 Å². The monoisotopic (exact) mass is 497 g/mol. The molecule has 1 saturated heterocycles. The average molecular weight is 498 g/mol. The molecule has 0 saturated carbocycles. The summed E-state index contributed by atoms with van der Waals surface area (Å²) in [6.45, 7) is 9.98. The molecule has 0 spiro atoms. The maximum atomic E-state index is 13.7. The Balaban J connectivity index is 0.00000342. The summed E-state index contributed by atoms with van der Waals surface area (Å²) in [5.74, 6) is -0.223. The molecule has 35 heavy (non-hydrogen) atoms. The van der Waals surface area contributed by atoms with Crippen LogP contribution in [0.2, 0.25) is 0 Å². The van der Waals surface area contributed by atoms with E-state index in [4.69, 9.17) is 4.99 Å². The Morgan fingerprint density at radius 3 is 2.69 bits per heavy atom. The van der Waals surface area contributed by atoms with E-state index >= 15 is 0 Å². The molecular weight excluding hydrogens is 462 g/mol. The second-order valence-electron chi connectivity index (χ2n) is 10.0. The summed E-state index contributed by atoms with van der Waals surface area (Å²) in [4.78, 5) is 33.2. The van der Waals surface area contributed by atoms with Gasteiger partial charge < -0.3 is 20.9 Å². The molecule has 3 amide bonds. The Morgan fingerprint density at radius 1 is 1.20 bits per heavy atom. The number of carbonyl (C=O) groups is 2. The number of benzodiazepines with no additional fused rings is 1. The predicted octanol–water partition coefficient (Wildman–Crippen LogP) is 4.89. The molecule has 0 radical (unpaired) electrons. The summed E-state index contributed by atoms with van der Waals surface area (Å²) in [7, 11) is 0. The van der Waals surface area contributed by atoms with E-state index in [2.05, 4.69) is 29.8 Å². The van der Waals surface area contributed by atoms with Gasteiger partial charge in [0.25, 0.3) is 5.91 Å². The van der Waals surface area contributed by atoms with Crippen molar-refractivity contribution in [1.29, 1.82) is 0 Å². The van der Waals surface area contributed by atoms with E-state index in [1.165, 1.54) is 0 Å². The Kier molecular flexibility index (Phi) is 8.56. The number of aryl methyl sites for hydroxylation is 1. The van der Waals surface area contributed by atoms with Gasteiger partial charge in [0.05, 0.1) is 17.4 Å². The molecule has 2 unspecified atom stereocenters. The first kappa shape index (κ1) is 26.7. The van der Waals surface area contributed by atoms with Crippen LogP contribution in [0.3, 0.4) is 0 Å². The Hall–Kier alpha value is -2.90. The van der Waals surface area contributed by atoms with Crippen LogP contribution in [-0.4, -0.2) is 42.9 Å². The summed E-state index contributed by atoms with van der Waals surface area (Å²) in [5, 5.41) is 9.28. The fraction of sp³-hybridized carbons (Fsp3) is 0.444. The smallest absolute Gasteiger partial charge is 0.309 e. The number of anilines is 2. The van der Waals surface area contributed by atoms with Crippen LogP contribution in [0.15, 0.2) is 53.5 Å². The highest BCUT2D eigenvalue weighted by Gasteiger charge is 2.37. The van der Waals surface area contributed by atoms with E-state index in [0.717, 1.165) is 48.3 Å². The molecule has 2 aliphatic heterocycles. The zero-order valence-corrected chi connectivity index (χ0v) is 21.7. The number of para-hydroxylation sites is 1. The molecule has 0 bridgehead atoms. The zero-order chi connectivity index (χ0) is 24.3. The lowest BCUT2D eigenvalue weighted by Crippen LogP contribution is -2.50. The molecule has 7 nitrogen and oxygen atoms in total. The van der Waals surface area contributed by atoms with Crippen molar-refractivity contribution in [3.05, 3.63) is 59.7 Å². The number of nitrogens with one attached hydrogen (secondary N) is 3. The molecule has 188 valence electrons. The van der Waals surface area contributed by atoms with Crippen molar-refractivity contribution in [3.8, 4) is 0 Å². The molecule has 0 aromatic heterocycles. The van der Waals surface area contributed by atoms with Crippen molar-refractivity contribution in [2.75, 3.05) is 23.3 Å². The third-order valence-electron chi connectivity index (χ3n) is 6.51. The van der Waals surface area contributed by atoms with Crippen LogP contribution in [0.25, 0.3) is 0 Å². The number of urea groups is 1. The fourth-order valence-electron chi connectivity index (χ4n) is 4.80. The van der Waals surface area contributed by atoms with Gasteiger partial charge in [0.15, 0.2) is 0 Å². The number of piperidine rings is 1. The first-order chi connectivity index (χ1) is 16.3. The van der Waals surface area contributed by atoms with Crippen molar-refractivity contribution in [2.24, 2.45) is 10.4 Å². The van der Waals surface area contributed by atoms with Crippen LogP contribution in [0.4, 0.5) is 16.2 Å². The van der Waals surface area contributed by atoms with E-state index < -0.39 is 12.2 Å². The maximum Gasteiger partial charge on any atom is 0.321 e. The first-order valence-corrected chi connectivity index (χ1v) is 12.1. The normalized spacial score (nSPS) is 21.2. The van der Waals surface area contributed by atoms with Crippen molar-refractivity contribution in [2.45, 2.75) is 59.2 Å². The van der Waals surface area contributed by atoms with Gasteiger partial charge in [-0.3, -0.25) is 9.79 Å². The molecule has 2 atom stereocenters. The van der Waals surface area contributed by atoms with Gasteiger partial charge in [0, 0.05) is 17.8 Å². The van der Waals surface area contributed by atoms with Gasteiger partial charge in [-0.2, -0.15) is 0 Å². The number of benzene rings is 2. The Bertz CT molecular complexity index is 1100. The van der Waals surface area contributed by atoms with Crippen molar-refractivity contribution in [1.82, 2.24) is 10.6 Å². The SMILES string of the molecule is CCCN1C(=O)C(NC(=O)Nc2cccc(C)c2)N=C(C2CC(C)(C)CCN2)c2ccccc21.Cl. The van der Waals surface area contributed by atoms with Gasteiger partial charge in [0.2, 0.25) is 6.17 Å². The minimum Gasteiger partial charge on any atom is -0.309 e. The highest BCUT2D eigenvalue weighted by atomic mass is 35.5. The minimum absolute atomic E-state index is 0. The summed E-state index contributed by atoms with van der Waals surface area (Å²) in [5.41, 5.74) is 4.50. The zero-order valence-electron chi connectivity index (χ0n) is 20.9. The number of halogens is 1. The third-order valence-corrected chi connectivity index (χ3v) is 6.51. The lowest BCUT2D eigenvalue weighted by molar-refractivity contribution is -0.120. The van der Waals surface area contributed by atoms with Crippen LogP contribution in [0.1, 0.15) is 51.2 Å². The number of hydrogen-bond donors (Lipinski definition) is 3. The molecule has 2 heterocycles. The summed E-state index contributed by atoms with van der Waals surface area (Å²) in [6, 6.07) is 15.0. The quantitative estimate of drug-likeness (QED) is 0.549. The van der Waals surface area contributed by atoms with E-state index in [1.807, 2.05) is 62.4 Å². The maximum absolute atomic E-state index is 13.7. The van der Waals surface area contributed by atoms with Crippen LogP contribution in [0, 0.1) is 12.3 Å². The summed E-state index contributed by atoms with van der Waals surface area (Å²) >= 11 is 0. The standard InChI is InChI=1S/C27H35N5O2.ClH/c1-5-15-32-22-12-7-6-11-20(22)23(21-17-27(3,4)13-14-28-21)30-24(25(32)33)31-26(34)29-19-10-8-9-18(2)16-19;/h6-12,16,21,24,28H,5,13-15,17H2,1-4H3,(H2,29,31,34);1H. The molecule has 2 aliphatic rings. The number of carbonyl (C=O) groups excluding carboxylic acids is 2. The molecule has 0 aliphatic carbocycles. The van der Waals surface area contributed by atoms with Gasteiger partial charge in [-0.05, 0) is 61.9 Å². The number of aliphatic imine (C=N–C) groups is 1. The topological polar surface area (TPSA) is 85.8 Å². The van der Waals surface area contributed by atoms with Gasteiger partial charge in [0.1, 0.15) is 0 Å². The van der Waals surface area contributed by atoms with E-state index in [-0.39, 0.29) is 29.8 Å². The first-order valence-electron chi connectivity index (χ1n) is 12.1. The molecule has 3 N–H and O–H groups in total. The predicted molar refractivity (Wildman–Crippen MR) is 145 cm³/mol. The number of amides is 3. The molecule has 4 rings (SSSR count). The second-order valence-corrected chi connectivity index (χ2v) is 10.0. The largest absolute Gasteiger partial charge is 0.321 e. The van der Waals surface area contributed by atoms with Crippen molar-refractivity contribution < 1.29 is 9.59 Å².